The zero-order valence-corrected chi connectivity index (χ0v) is 16.6. The standard InChI is InChI=1S/C19H18F3N5OS/c1-10-16-14(9-15(21)22)24-17(18-23-11(2)25-29-18)27(16)8-7-26(10)19(28)12-3-5-13(20)6-4-12/h3-6,10,15H,7-9H2,1-2H3/t10-/m1/s1. The number of carbonyl (C=O) groups excluding carboxylic acids is 1. The van der Waals surface area contributed by atoms with Crippen LogP contribution in [0.1, 0.15) is 40.5 Å². The predicted molar refractivity (Wildman–Crippen MR) is 101 cm³/mol. The third kappa shape index (κ3) is 3.64. The highest BCUT2D eigenvalue weighted by Crippen LogP contribution is 2.35. The van der Waals surface area contributed by atoms with Crippen LogP contribution in [-0.2, 0) is 13.0 Å². The van der Waals surface area contributed by atoms with Crippen LogP contribution < -0.4 is 0 Å². The molecule has 1 amide bonds. The molecule has 0 saturated carbocycles. The van der Waals surface area contributed by atoms with Crippen LogP contribution in [0.3, 0.4) is 0 Å². The summed E-state index contributed by atoms with van der Waals surface area (Å²) in [5.41, 5.74) is 1.18. The van der Waals surface area contributed by atoms with Crippen LogP contribution in [0.15, 0.2) is 24.3 Å². The van der Waals surface area contributed by atoms with Gasteiger partial charge in [0.05, 0.1) is 23.9 Å². The van der Waals surface area contributed by atoms with Crippen LogP contribution in [-0.4, -0.2) is 42.7 Å². The lowest BCUT2D eigenvalue weighted by molar-refractivity contribution is 0.0642. The number of alkyl halides is 2. The molecule has 152 valence electrons. The second-order valence-electron chi connectivity index (χ2n) is 6.84. The van der Waals surface area contributed by atoms with Crippen molar-refractivity contribution in [3.8, 4) is 10.8 Å². The van der Waals surface area contributed by atoms with Gasteiger partial charge in [0.1, 0.15) is 11.6 Å². The average Bonchev–Trinajstić information content (AvgIpc) is 3.26. The van der Waals surface area contributed by atoms with Gasteiger partial charge in [-0.15, -0.1) is 0 Å². The Hall–Kier alpha value is -2.75. The Balaban J connectivity index is 1.73. The van der Waals surface area contributed by atoms with Gasteiger partial charge in [0, 0.05) is 18.7 Å². The first-order chi connectivity index (χ1) is 13.8. The number of carbonyl (C=O) groups is 1. The van der Waals surface area contributed by atoms with Crippen LogP contribution >= 0.6 is 11.5 Å². The Morgan fingerprint density at radius 3 is 2.59 bits per heavy atom. The molecule has 1 aliphatic heterocycles. The molecule has 1 aromatic carbocycles. The van der Waals surface area contributed by atoms with E-state index in [0.29, 0.717) is 41.0 Å². The maximum absolute atomic E-state index is 13.2. The van der Waals surface area contributed by atoms with E-state index in [0.717, 1.165) is 0 Å². The Bertz CT molecular complexity index is 1050. The smallest absolute Gasteiger partial charge is 0.254 e. The normalized spacial score (nSPS) is 16.3. The minimum atomic E-state index is -2.56. The molecule has 0 aliphatic carbocycles. The van der Waals surface area contributed by atoms with Gasteiger partial charge in [0.25, 0.3) is 5.91 Å². The molecule has 0 radical (unpaired) electrons. The van der Waals surface area contributed by atoms with Gasteiger partial charge >= 0.3 is 0 Å². The minimum Gasteiger partial charge on any atom is -0.329 e. The van der Waals surface area contributed by atoms with Crippen molar-refractivity contribution in [1.82, 2.24) is 23.8 Å². The van der Waals surface area contributed by atoms with Gasteiger partial charge in [-0.25, -0.2) is 23.1 Å². The number of fused-ring (bicyclic) bond motifs is 1. The highest BCUT2D eigenvalue weighted by Gasteiger charge is 2.34. The van der Waals surface area contributed by atoms with E-state index in [1.165, 1.54) is 35.8 Å². The highest BCUT2D eigenvalue weighted by atomic mass is 32.1. The molecular weight excluding hydrogens is 403 g/mol. The van der Waals surface area contributed by atoms with Crippen molar-refractivity contribution in [1.29, 1.82) is 0 Å². The lowest BCUT2D eigenvalue weighted by Crippen LogP contribution is -2.41. The molecule has 3 aromatic rings. The van der Waals surface area contributed by atoms with Crippen molar-refractivity contribution >= 4 is 17.4 Å². The summed E-state index contributed by atoms with van der Waals surface area (Å²) >= 11 is 1.17. The monoisotopic (exact) mass is 421 g/mol. The largest absolute Gasteiger partial charge is 0.329 e. The molecule has 0 saturated heterocycles. The third-order valence-electron chi connectivity index (χ3n) is 4.93. The average molecular weight is 421 g/mol. The lowest BCUT2D eigenvalue weighted by atomic mass is 10.1. The number of hydrogen-bond acceptors (Lipinski definition) is 5. The fraction of sp³-hybridized carbons (Fsp3) is 0.368. The second kappa shape index (κ2) is 7.58. The molecule has 0 bridgehead atoms. The maximum Gasteiger partial charge on any atom is 0.254 e. The van der Waals surface area contributed by atoms with Crippen molar-refractivity contribution in [2.75, 3.05) is 6.54 Å². The number of imidazole rings is 1. The minimum absolute atomic E-state index is 0.256. The van der Waals surface area contributed by atoms with Crippen LogP contribution in [0.2, 0.25) is 0 Å². The molecule has 4 rings (SSSR count). The predicted octanol–water partition coefficient (Wildman–Crippen LogP) is 3.87. The van der Waals surface area contributed by atoms with Gasteiger partial charge < -0.3 is 9.47 Å². The van der Waals surface area contributed by atoms with E-state index in [4.69, 9.17) is 0 Å². The summed E-state index contributed by atoms with van der Waals surface area (Å²) in [5, 5.41) is 0.565. The Morgan fingerprint density at radius 2 is 1.97 bits per heavy atom. The van der Waals surface area contributed by atoms with Gasteiger partial charge in [-0.1, -0.05) is 0 Å². The van der Waals surface area contributed by atoms with E-state index < -0.39 is 24.7 Å². The topological polar surface area (TPSA) is 63.9 Å². The van der Waals surface area contributed by atoms with Crippen LogP contribution in [0.4, 0.5) is 13.2 Å². The molecule has 10 heteroatoms. The maximum atomic E-state index is 13.2. The first-order valence-electron chi connectivity index (χ1n) is 9.09. The number of rotatable bonds is 4. The summed E-state index contributed by atoms with van der Waals surface area (Å²) < 4.78 is 45.6. The molecule has 1 atom stereocenters. The summed E-state index contributed by atoms with van der Waals surface area (Å²) in [4.78, 5) is 23.3. The van der Waals surface area contributed by atoms with Gasteiger partial charge in [0.15, 0.2) is 10.8 Å². The van der Waals surface area contributed by atoms with Gasteiger partial charge in [-0.2, -0.15) is 4.37 Å². The molecule has 3 heterocycles. The number of hydrogen-bond donors (Lipinski definition) is 0. The van der Waals surface area contributed by atoms with E-state index in [1.54, 1.807) is 18.7 Å². The second-order valence-corrected chi connectivity index (χ2v) is 7.59. The highest BCUT2D eigenvalue weighted by molar-refractivity contribution is 7.09. The van der Waals surface area contributed by atoms with Crippen LogP contribution in [0, 0.1) is 12.7 Å². The first kappa shape index (κ1) is 19.6. The fourth-order valence-corrected chi connectivity index (χ4v) is 4.31. The van der Waals surface area contributed by atoms with Crippen molar-refractivity contribution in [2.45, 2.75) is 39.3 Å². The molecule has 0 unspecified atom stereocenters. The first-order valence-corrected chi connectivity index (χ1v) is 9.87. The fourth-order valence-electron chi connectivity index (χ4n) is 3.64. The van der Waals surface area contributed by atoms with E-state index >= 15 is 0 Å². The quantitative estimate of drug-likeness (QED) is 0.642. The summed E-state index contributed by atoms with van der Waals surface area (Å²) in [7, 11) is 0. The number of benzene rings is 1. The zero-order chi connectivity index (χ0) is 20.7. The van der Waals surface area contributed by atoms with E-state index in [2.05, 4.69) is 14.3 Å². The number of halogens is 3. The Kier molecular flexibility index (Phi) is 5.12. The Morgan fingerprint density at radius 1 is 1.24 bits per heavy atom. The molecule has 2 aromatic heterocycles. The van der Waals surface area contributed by atoms with E-state index in [9.17, 15) is 18.0 Å². The van der Waals surface area contributed by atoms with E-state index in [-0.39, 0.29) is 11.6 Å². The third-order valence-corrected chi connectivity index (χ3v) is 5.73. The van der Waals surface area contributed by atoms with Crippen molar-refractivity contribution in [2.24, 2.45) is 0 Å². The van der Waals surface area contributed by atoms with Crippen molar-refractivity contribution in [3.05, 3.63) is 52.9 Å². The molecule has 0 fully saturated rings. The SMILES string of the molecule is Cc1nsc(-c2nc(CC(F)F)c3n2CCN(C(=O)c2ccc(F)cc2)[C@@H]3C)n1. The van der Waals surface area contributed by atoms with E-state index in [1.807, 2.05) is 4.57 Å². The summed E-state index contributed by atoms with van der Waals surface area (Å²) in [5.74, 6) is 0.389. The summed E-state index contributed by atoms with van der Waals surface area (Å²) in [6.45, 7) is 4.32. The zero-order valence-electron chi connectivity index (χ0n) is 15.8. The van der Waals surface area contributed by atoms with Crippen molar-refractivity contribution in [3.63, 3.8) is 0 Å². The molecule has 6 nitrogen and oxygen atoms in total. The molecule has 1 aliphatic rings. The Labute approximate surface area is 169 Å². The molecule has 29 heavy (non-hydrogen) atoms. The lowest BCUT2D eigenvalue weighted by Gasteiger charge is -2.35. The number of amides is 1. The molecular formula is C19H18F3N5OS. The van der Waals surface area contributed by atoms with Gasteiger partial charge in [0.2, 0.25) is 6.43 Å². The molecule has 0 spiro atoms. The number of aromatic nitrogens is 4. The van der Waals surface area contributed by atoms with Gasteiger partial charge in [-0.05, 0) is 49.6 Å². The summed E-state index contributed by atoms with van der Waals surface area (Å²) in [6.07, 6.45) is -3.07. The molecule has 0 N–H and O–H groups in total. The van der Waals surface area contributed by atoms with Gasteiger partial charge in [-0.3, -0.25) is 4.79 Å². The van der Waals surface area contributed by atoms with Crippen molar-refractivity contribution < 1.29 is 18.0 Å². The van der Waals surface area contributed by atoms with Crippen LogP contribution in [0.5, 0.6) is 0 Å². The summed E-state index contributed by atoms with van der Waals surface area (Å²) in [6, 6.07) is 4.83. The number of aryl methyl sites for hydroxylation is 1. The van der Waals surface area contributed by atoms with Crippen LogP contribution in [0.25, 0.3) is 10.8 Å². The number of nitrogens with zero attached hydrogens (tertiary/aromatic N) is 5.